The van der Waals surface area contributed by atoms with Gasteiger partial charge in [0.15, 0.2) is 0 Å². The Labute approximate surface area is 119 Å². The molecule has 0 bridgehead atoms. The van der Waals surface area contributed by atoms with E-state index >= 15 is 0 Å². The van der Waals surface area contributed by atoms with Crippen molar-refractivity contribution in [2.24, 2.45) is 5.73 Å². The molecule has 1 aromatic carbocycles. The van der Waals surface area contributed by atoms with Crippen molar-refractivity contribution >= 4 is 30.1 Å². The summed E-state index contributed by atoms with van der Waals surface area (Å²) in [5.74, 6) is 2.05. The second-order valence-corrected chi connectivity index (χ2v) is 5.22. The van der Waals surface area contributed by atoms with Gasteiger partial charge in [0, 0.05) is 23.9 Å². The first kappa shape index (κ1) is 17.3. The molecule has 3 N–H and O–H groups in total. The van der Waals surface area contributed by atoms with E-state index in [-0.39, 0.29) is 24.4 Å². The molecule has 0 fully saturated rings. The monoisotopic (exact) mass is 288 g/mol. The Balaban J connectivity index is 0.00000289. The molecule has 0 aliphatic carbocycles. The third-order valence-electron chi connectivity index (χ3n) is 2.42. The van der Waals surface area contributed by atoms with Gasteiger partial charge < -0.3 is 11.1 Å². The highest BCUT2D eigenvalue weighted by molar-refractivity contribution is 7.98. The Morgan fingerprint density at radius 2 is 2.00 bits per heavy atom. The minimum atomic E-state index is -0.0577. The summed E-state index contributed by atoms with van der Waals surface area (Å²) in [5.41, 5.74) is 7.40. The number of thioether (sulfide) groups is 1. The zero-order valence-corrected chi connectivity index (χ0v) is 12.4. The van der Waals surface area contributed by atoms with Crippen LogP contribution in [0.5, 0.6) is 0 Å². The van der Waals surface area contributed by atoms with Crippen LogP contribution in [0.15, 0.2) is 24.3 Å². The summed E-state index contributed by atoms with van der Waals surface area (Å²) >= 11 is 1.87. The molecule has 0 spiro atoms. The lowest BCUT2D eigenvalue weighted by Crippen LogP contribution is -2.37. The molecule has 5 heteroatoms. The summed E-state index contributed by atoms with van der Waals surface area (Å²) in [5, 5.41) is 2.84. The van der Waals surface area contributed by atoms with Crippen molar-refractivity contribution in [1.82, 2.24) is 5.32 Å². The smallest absolute Gasteiger partial charge is 0.251 e. The van der Waals surface area contributed by atoms with Crippen LogP contribution in [0.4, 0.5) is 0 Å². The molecule has 1 aromatic rings. The fraction of sp³-hybridized carbons (Fsp3) is 0.462. The molecule has 0 heterocycles. The van der Waals surface area contributed by atoms with Crippen LogP contribution in [0.25, 0.3) is 0 Å². The van der Waals surface area contributed by atoms with Gasteiger partial charge in [-0.05, 0) is 30.4 Å². The van der Waals surface area contributed by atoms with Crippen LogP contribution in [0.3, 0.4) is 0 Å². The number of nitrogens with one attached hydrogen (secondary N) is 1. The van der Waals surface area contributed by atoms with Gasteiger partial charge in [-0.25, -0.2) is 0 Å². The predicted molar refractivity (Wildman–Crippen MR) is 81.5 cm³/mol. The highest BCUT2D eigenvalue weighted by atomic mass is 35.5. The quantitative estimate of drug-likeness (QED) is 0.845. The predicted octanol–water partition coefficient (Wildman–Crippen LogP) is 2.44. The third-order valence-corrected chi connectivity index (χ3v) is 3.37. The Morgan fingerprint density at radius 3 is 2.50 bits per heavy atom. The Morgan fingerprint density at radius 1 is 1.39 bits per heavy atom. The first-order valence-corrected chi connectivity index (χ1v) is 7.00. The van der Waals surface area contributed by atoms with Crippen LogP contribution in [0.1, 0.15) is 29.8 Å². The number of carbonyl (C=O) groups excluding carboxylic acids is 1. The number of nitrogens with two attached hydrogens (primary N) is 1. The average molecular weight is 289 g/mol. The van der Waals surface area contributed by atoms with Gasteiger partial charge in [0.2, 0.25) is 0 Å². The standard InChI is InChI=1S/C13H20N2OS.ClH/c1-3-17-9-11-4-6-12(7-5-11)13(16)15-10(2)8-14;/h4-7,10H,3,8-9,14H2,1-2H3,(H,15,16);1H/t10-;/m0./s1. The van der Waals surface area contributed by atoms with Gasteiger partial charge in [-0.2, -0.15) is 11.8 Å². The lowest BCUT2D eigenvalue weighted by molar-refractivity contribution is 0.0941. The molecule has 1 rings (SSSR count). The first-order valence-electron chi connectivity index (χ1n) is 5.85. The molecule has 0 saturated heterocycles. The molecule has 0 aliphatic heterocycles. The van der Waals surface area contributed by atoms with Gasteiger partial charge in [0.25, 0.3) is 5.91 Å². The highest BCUT2D eigenvalue weighted by Gasteiger charge is 2.07. The van der Waals surface area contributed by atoms with Gasteiger partial charge in [0.05, 0.1) is 0 Å². The van der Waals surface area contributed by atoms with Crippen LogP contribution in [-0.2, 0) is 5.75 Å². The maximum atomic E-state index is 11.8. The molecule has 0 saturated carbocycles. The second-order valence-electron chi connectivity index (χ2n) is 3.94. The van der Waals surface area contributed by atoms with Gasteiger partial charge in [-0.15, -0.1) is 12.4 Å². The molecule has 102 valence electrons. The number of benzene rings is 1. The van der Waals surface area contributed by atoms with Gasteiger partial charge in [-0.3, -0.25) is 4.79 Å². The summed E-state index contributed by atoms with van der Waals surface area (Å²) in [7, 11) is 0. The van der Waals surface area contributed by atoms with Gasteiger partial charge in [0.1, 0.15) is 0 Å². The van der Waals surface area contributed by atoms with Crippen LogP contribution in [0, 0.1) is 0 Å². The van der Waals surface area contributed by atoms with E-state index in [2.05, 4.69) is 12.2 Å². The Hall–Kier alpha value is -0.710. The number of rotatable bonds is 6. The first-order chi connectivity index (χ1) is 8.17. The van der Waals surface area contributed by atoms with Crippen LogP contribution < -0.4 is 11.1 Å². The number of hydrogen-bond donors (Lipinski definition) is 2. The third kappa shape index (κ3) is 5.76. The number of carbonyl (C=O) groups is 1. The number of halogens is 1. The molecule has 1 amide bonds. The SMILES string of the molecule is CCSCc1ccc(C(=O)N[C@@H](C)CN)cc1.Cl. The Bertz CT molecular complexity index is 357. The Kier molecular flexibility index (Phi) is 8.89. The minimum absolute atomic E-state index is 0. The fourth-order valence-corrected chi connectivity index (χ4v) is 1.97. The van der Waals surface area contributed by atoms with Crippen molar-refractivity contribution in [1.29, 1.82) is 0 Å². The molecule has 0 aromatic heterocycles. The lowest BCUT2D eigenvalue weighted by atomic mass is 10.1. The van der Waals surface area contributed by atoms with Crippen LogP contribution in [0.2, 0.25) is 0 Å². The number of hydrogen-bond acceptors (Lipinski definition) is 3. The van der Waals surface area contributed by atoms with Crippen molar-refractivity contribution in [3.05, 3.63) is 35.4 Å². The van der Waals surface area contributed by atoms with Crippen molar-refractivity contribution < 1.29 is 4.79 Å². The van der Waals surface area contributed by atoms with E-state index in [0.29, 0.717) is 12.1 Å². The van der Waals surface area contributed by atoms with E-state index < -0.39 is 0 Å². The molecule has 1 atom stereocenters. The van der Waals surface area contributed by atoms with Crippen LogP contribution >= 0.6 is 24.2 Å². The molecule has 3 nitrogen and oxygen atoms in total. The van der Waals surface area contributed by atoms with E-state index in [1.54, 1.807) is 0 Å². The lowest BCUT2D eigenvalue weighted by Gasteiger charge is -2.11. The molecule has 0 aliphatic rings. The van der Waals surface area contributed by atoms with E-state index in [4.69, 9.17) is 5.73 Å². The van der Waals surface area contributed by atoms with E-state index in [1.807, 2.05) is 43.0 Å². The molecule has 18 heavy (non-hydrogen) atoms. The summed E-state index contributed by atoms with van der Waals surface area (Å²) < 4.78 is 0. The van der Waals surface area contributed by atoms with E-state index in [1.165, 1.54) is 5.56 Å². The number of amides is 1. The minimum Gasteiger partial charge on any atom is -0.348 e. The van der Waals surface area contributed by atoms with Crippen molar-refractivity contribution in [2.45, 2.75) is 25.6 Å². The second kappa shape index (κ2) is 9.25. The zero-order chi connectivity index (χ0) is 12.7. The molecule has 0 unspecified atom stereocenters. The highest BCUT2D eigenvalue weighted by Crippen LogP contribution is 2.12. The summed E-state index contributed by atoms with van der Waals surface area (Å²) in [6.07, 6.45) is 0. The largest absolute Gasteiger partial charge is 0.348 e. The zero-order valence-electron chi connectivity index (χ0n) is 10.8. The summed E-state index contributed by atoms with van der Waals surface area (Å²) in [4.78, 5) is 11.8. The normalized spacial score (nSPS) is 11.5. The topological polar surface area (TPSA) is 55.1 Å². The summed E-state index contributed by atoms with van der Waals surface area (Å²) in [6.45, 7) is 4.49. The van der Waals surface area contributed by atoms with Crippen LogP contribution in [-0.4, -0.2) is 24.2 Å². The molecular formula is C13H21ClN2OS. The van der Waals surface area contributed by atoms with Crippen molar-refractivity contribution in [3.63, 3.8) is 0 Å². The van der Waals surface area contributed by atoms with E-state index in [0.717, 1.165) is 11.5 Å². The molecule has 0 radical (unpaired) electrons. The van der Waals surface area contributed by atoms with Gasteiger partial charge >= 0.3 is 0 Å². The summed E-state index contributed by atoms with van der Waals surface area (Å²) in [6, 6.07) is 7.75. The fourth-order valence-electron chi connectivity index (χ4n) is 1.34. The average Bonchev–Trinajstić information content (AvgIpc) is 2.36. The van der Waals surface area contributed by atoms with Crippen molar-refractivity contribution in [3.8, 4) is 0 Å². The van der Waals surface area contributed by atoms with Crippen molar-refractivity contribution in [2.75, 3.05) is 12.3 Å². The van der Waals surface area contributed by atoms with E-state index in [9.17, 15) is 4.79 Å². The molecular weight excluding hydrogens is 268 g/mol. The maximum absolute atomic E-state index is 11.8. The van der Waals surface area contributed by atoms with Gasteiger partial charge in [-0.1, -0.05) is 19.1 Å². The maximum Gasteiger partial charge on any atom is 0.251 e.